The molecular weight excluding hydrogens is 494 g/mol. The molecule has 1 amide bonds. The molecule has 0 atom stereocenters. The van der Waals surface area contributed by atoms with Crippen LogP contribution in [0.25, 0.3) is 6.08 Å². The minimum absolute atomic E-state index is 0.219. The number of likely N-dealkylation sites (tertiary alicyclic amines) is 1. The third-order valence-electron chi connectivity index (χ3n) is 7.70. The molecule has 2 heterocycles. The summed E-state index contributed by atoms with van der Waals surface area (Å²) in [4.78, 5) is 19.2. The number of amides is 1. The molecule has 5 nitrogen and oxygen atoms in total. The van der Waals surface area contributed by atoms with Crippen LogP contribution in [0.5, 0.6) is 0 Å². The van der Waals surface area contributed by atoms with Gasteiger partial charge in [-0.1, -0.05) is 97.1 Å². The Balaban J connectivity index is 1.47. The molecule has 4 aromatic rings. The third-order valence-corrected chi connectivity index (χ3v) is 7.70. The second-order valence-electron chi connectivity index (χ2n) is 11.6. The molecule has 1 fully saturated rings. The van der Waals surface area contributed by atoms with Crippen molar-refractivity contribution in [1.29, 1.82) is 0 Å². The summed E-state index contributed by atoms with van der Waals surface area (Å²) in [5.74, 6) is 0.394. The molecule has 1 aliphatic rings. The maximum absolute atomic E-state index is 12.5. The zero-order chi connectivity index (χ0) is 28.2. The fourth-order valence-electron chi connectivity index (χ4n) is 5.71. The smallest absolute Gasteiger partial charge is 0.410 e. The van der Waals surface area contributed by atoms with E-state index in [4.69, 9.17) is 9.72 Å². The number of ether oxygens (including phenoxy) is 1. The highest BCUT2D eigenvalue weighted by molar-refractivity contribution is 5.68. The van der Waals surface area contributed by atoms with Crippen LogP contribution < -0.4 is 0 Å². The molecule has 0 N–H and O–H groups in total. The van der Waals surface area contributed by atoms with Crippen LogP contribution in [0.1, 0.15) is 61.7 Å². The van der Waals surface area contributed by atoms with Gasteiger partial charge in [0.05, 0.1) is 12.0 Å². The van der Waals surface area contributed by atoms with E-state index in [0.29, 0.717) is 19.0 Å². The fraction of sp³-hybridized carbons (Fsp3) is 0.314. The summed E-state index contributed by atoms with van der Waals surface area (Å²) < 4.78 is 7.87. The minimum Gasteiger partial charge on any atom is -0.444 e. The van der Waals surface area contributed by atoms with Crippen LogP contribution in [0.2, 0.25) is 0 Å². The van der Waals surface area contributed by atoms with Crippen LogP contribution in [0.15, 0.2) is 103 Å². The molecule has 0 saturated carbocycles. The molecule has 0 radical (unpaired) electrons. The predicted molar refractivity (Wildman–Crippen MR) is 161 cm³/mol. The van der Waals surface area contributed by atoms with Gasteiger partial charge < -0.3 is 14.2 Å². The first-order chi connectivity index (χ1) is 19.3. The standard InChI is InChI=1S/C35H39N3O2/c1-27-32(21-20-28-22-24-37(25-23-28)33(39)40-34(2,3)4)36-26-38(27)35(29-14-8-5-9-15-29,30-16-10-6-11-17-30)31-18-12-7-13-19-31/h5-21,26,28H,22-25H2,1-4H3. The van der Waals surface area contributed by atoms with Crippen molar-refractivity contribution in [2.45, 2.75) is 51.7 Å². The minimum atomic E-state index is -0.578. The largest absolute Gasteiger partial charge is 0.444 e. The second-order valence-corrected chi connectivity index (χ2v) is 11.6. The van der Waals surface area contributed by atoms with Crippen LogP contribution in [-0.4, -0.2) is 39.2 Å². The monoisotopic (exact) mass is 533 g/mol. The zero-order valence-corrected chi connectivity index (χ0v) is 24.0. The Bertz CT molecular complexity index is 1330. The van der Waals surface area contributed by atoms with E-state index in [2.05, 4.69) is 115 Å². The highest BCUT2D eigenvalue weighted by atomic mass is 16.6. The van der Waals surface area contributed by atoms with Crippen molar-refractivity contribution in [1.82, 2.24) is 14.5 Å². The first kappa shape index (κ1) is 27.4. The number of allylic oxidation sites excluding steroid dienone is 1. The zero-order valence-electron chi connectivity index (χ0n) is 24.0. The van der Waals surface area contributed by atoms with E-state index in [9.17, 15) is 4.79 Å². The lowest BCUT2D eigenvalue weighted by Gasteiger charge is -2.38. The molecule has 0 unspecified atom stereocenters. The molecule has 5 rings (SSSR count). The second kappa shape index (κ2) is 11.5. The topological polar surface area (TPSA) is 47.4 Å². The average molecular weight is 534 g/mol. The lowest BCUT2D eigenvalue weighted by atomic mass is 9.76. The van der Waals surface area contributed by atoms with Gasteiger partial charge in [0.15, 0.2) is 0 Å². The van der Waals surface area contributed by atoms with E-state index in [1.165, 1.54) is 16.7 Å². The van der Waals surface area contributed by atoms with E-state index >= 15 is 0 Å². The molecular formula is C35H39N3O2. The number of benzene rings is 3. The molecule has 0 aliphatic carbocycles. The van der Waals surface area contributed by atoms with Crippen molar-refractivity contribution in [3.63, 3.8) is 0 Å². The number of nitrogens with zero attached hydrogens (tertiary/aromatic N) is 3. The van der Waals surface area contributed by atoms with Crippen molar-refractivity contribution >= 4 is 12.2 Å². The summed E-state index contributed by atoms with van der Waals surface area (Å²) in [5, 5.41) is 0. The van der Waals surface area contributed by atoms with Gasteiger partial charge in [0, 0.05) is 18.8 Å². The van der Waals surface area contributed by atoms with E-state index in [1.807, 2.05) is 32.0 Å². The van der Waals surface area contributed by atoms with Crippen molar-refractivity contribution in [2.75, 3.05) is 13.1 Å². The molecule has 3 aromatic carbocycles. The van der Waals surface area contributed by atoms with Crippen LogP contribution >= 0.6 is 0 Å². The highest BCUT2D eigenvalue weighted by Crippen LogP contribution is 2.42. The Morgan fingerprint density at radius 1 is 0.825 bits per heavy atom. The first-order valence-electron chi connectivity index (χ1n) is 14.2. The third kappa shape index (κ3) is 5.60. The molecule has 5 heteroatoms. The summed E-state index contributed by atoms with van der Waals surface area (Å²) in [6, 6.07) is 32.0. The maximum Gasteiger partial charge on any atom is 0.410 e. The Labute approximate surface area is 238 Å². The van der Waals surface area contributed by atoms with Gasteiger partial charge in [0.2, 0.25) is 0 Å². The summed E-state index contributed by atoms with van der Waals surface area (Å²) in [6.07, 6.45) is 8.01. The Morgan fingerprint density at radius 2 is 1.30 bits per heavy atom. The quantitative estimate of drug-likeness (QED) is 0.239. The van der Waals surface area contributed by atoms with E-state index < -0.39 is 11.1 Å². The van der Waals surface area contributed by atoms with Crippen LogP contribution in [-0.2, 0) is 10.3 Å². The molecule has 0 bridgehead atoms. The summed E-state index contributed by atoms with van der Waals surface area (Å²) in [5.41, 5.74) is 4.54. The number of rotatable bonds is 6. The maximum atomic E-state index is 12.5. The van der Waals surface area contributed by atoms with Gasteiger partial charge in [-0.05, 0) is 69.2 Å². The molecule has 0 spiro atoms. The van der Waals surface area contributed by atoms with Crippen LogP contribution in [0.3, 0.4) is 0 Å². The van der Waals surface area contributed by atoms with Gasteiger partial charge in [0.1, 0.15) is 11.1 Å². The lowest BCUT2D eigenvalue weighted by molar-refractivity contribution is 0.0197. The van der Waals surface area contributed by atoms with Crippen molar-refractivity contribution in [3.8, 4) is 0 Å². The summed E-state index contributed by atoms with van der Waals surface area (Å²) in [6.45, 7) is 9.28. The van der Waals surface area contributed by atoms with Crippen LogP contribution in [0.4, 0.5) is 4.79 Å². The van der Waals surface area contributed by atoms with E-state index in [0.717, 1.165) is 24.2 Å². The van der Waals surface area contributed by atoms with Gasteiger partial charge in [-0.3, -0.25) is 0 Å². The molecule has 206 valence electrons. The Hall–Kier alpha value is -4.12. The van der Waals surface area contributed by atoms with E-state index in [1.54, 1.807) is 0 Å². The number of aromatic nitrogens is 2. The van der Waals surface area contributed by atoms with Crippen molar-refractivity contribution < 1.29 is 9.53 Å². The van der Waals surface area contributed by atoms with Crippen molar-refractivity contribution in [2.24, 2.45) is 5.92 Å². The lowest BCUT2D eigenvalue weighted by Crippen LogP contribution is -2.41. The molecule has 1 aromatic heterocycles. The fourth-order valence-corrected chi connectivity index (χ4v) is 5.71. The van der Waals surface area contributed by atoms with Gasteiger partial charge in [-0.15, -0.1) is 0 Å². The summed E-state index contributed by atoms with van der Waals surface area (Å²) >= 11 is 0. The van der Waals surface area contributed by atoms with Crippen molar-refractivity contribution in [3.05, 3.63) is 131 Å². The van der Waals surface area contributed by atoms with Gasteiger partial charge in [-0.25, -0.2) is 9.78 Å². The van der Waals surface area contributed by atoms with Gasteiger partial charge in [0.25, 0.3) is 0 Å². The number of piperidine rings is 1. The van der Waals surface area contributed by atoms with E-state index in [-0.39, 0.29) is 6.09 Å². The van der Waals surface area contributed by atoms with Crippen LogP contribution in [0, 0.1) is 12.8 Å². The first-order valence-corrected chi connectivity index (χ1v) is 14.2. The number of hydrogen-bond donors (Lipinski definition) is 0. The number of carbonyl (C=O) groups excluding carboxylic acids is 1. The van der Waals surface area contributed by atoms with Gasteiger partial charge in [-0.2, -0.15) is 0 Å². The SMILES string of the molecule is Cc1c(C=CC2CCN(C(=O)OC(C)(C)C)CC2)ncn1C(c1ccccc1)(c1ccccc1)c1ccccc1. The number of hydrogen-bond acceptors (Lipinski definition) is 3. The molecule has 40 heavy (non-hydrogen) atoms. The number of carbonyl (C=O) groups is 1. The number of imidazole rings is 1. The Kier molecular flexibility index (Phi) is 7.92. The molecule has 1 saturated heterocycles. The normalized spacial score (nSPS) is 14.9. The predicted octanol–water partition coefficient (Wildman–Crippen LogP) is 7.69. The molecule has 1 aliphatic heterocycles. The highest BCUT2D eigenvalue weighted by Gasteiger charge is 2.39. The Morgan fingerprint density at radius 3 is 1.75 bits per heavy atom. The summed E-state index contributed by atoms with van der Waals surface area (Å²) in [7, 11) is 0. The average Bonchev–Trinajstić information content (AvgIpc) is 3.33. The van der Waals surface area contributed by atoms with Gasteiger partial charge >= 0.3 is 6.09 Å².